The predicted molar refractivity (Wildman–Crippen MR) is 66.3 cm³/mol. The number of aromatic nitrogens is 3. The Morgan fingerprint density at radius 2 is 2.12 bits per heavy atom. The van der Waals surface area contributed by atoms with Crippen LogP contribution in [0.5, 0.6) is 0 Å². The Labute approximate surface area is 100 Å². The Morgan fingerprint density at radius 3 is 2.82 bits per heavy atom. The molecule has 0 saturated heterocycles. The van der Waals surface area contributed by atoms with Gasteiger partial charge in [-0.1, -0.05) is 12.1 Å². The molecule has 2 aromatic heterocycles. The molecule has 88 valence electrons. The van der Waals surface area contributed by atoms with Gasteiger partial charge < -0.3 is 4.52 Å². The van der Waals surface area contributed by atoms with Crippen molar-refractivity contribution in [3.05, 3.63) is 40.5 Å². The van der Waals surface area contributed by atoms with Crippen molar-refractivity contribution in [3.8, 4) is 0 Å². The lowest BCUT2D eigenvalue weighted by molar-refractivity contribution is 0.383. The van der Waals surface area contributed by atoms with Crippen LogP contribution in [0.4, 0.5) is 0 Å². The largest absolute Gasteiger partial charge is 0.361 e. The van der Waals surface area contributed by atoms with E-state index in [9.17, 15) is 0 Å². The Bertz CT molecular complexity index is 543. The van der Waals surface area contributed by atoms with Crippen LogP contribution in [0.3, 0.4) is 0 Å². The first-order valence-corrected chi connectivity index (χ1v) is 5.64. The lowest BCUT2D eigenvalue weighted by atomic mass is 10.1. The van der Waals surface area contributed by atoms with Crippen LogP contribution in [0, 0.1) is 13.8 Å². The molecule has 2 aromatic rings. The third-order valence-corrected chi connectivity index (χ3v) is 2.67. The highest BCUT2D eigenvalue weighted by atomic mass is 16.5. The van der Waals surface area contributed by atoms with E-state index < -0.39 is 0 Å². The van der Waals surface area contributed by atoms with Gasteiger partial charge in [0.05, 0.1) is 11.4 Å². The normalized spacial score (nSPS) is 11.2. The molecular weight excluding hydrogens is 214 g/mol. The molecule has 0 unspecified atom stereocenters. The number of rotatable bonds is 3. The van der Waals surface area contributed by atoms with Crippen molar-refractivity contribution in [1.29, 1.82) is 0 Å². The van der Waals surface area contributed by atoms with Crippen molar-refractivity contribution in [2.45, 2.75) is 27.2 Å². The summed E-state index contributed by atoms with van der Waals surface area (Å²) < 4.78 is 5.23. The van der Waals surface area contributed by atoms with Crippen LogP contribution < -0.4 is 0 Å². The predicted octanol–water partition coefficient (Wildman–Crippen LogP) is 2.81. The van der Waals surface area contributed by atoms with E-state index in [-0.39, 0.29) is 0 Å². The molecule has 0 aromatic carbocycles. The number of hydrogen-bond acceptors (Lipinski definition) is 4. The second kappa shape index (κ2) is 4.91. The van der Waals surface area contributed by atoms with Crippen molar-refractivity contribution in [3.63, 3.8) is 0 Å². The molecular formula is C13H15N3O. The number of nitrogens with zero attached hydrogens (tertiary/aromatic N) is 3. The summed E-state index contributed by atoms with van der Waals surface area (Å²) in [5.74, 6) is 0.903. The van der Waals surface area contributed by atoms with Crippen LogP contribution in [-0.4, -0.2) is 15.4 Å². The Morgan fingerprint density at radius 1 is 1.29 bits per heavy atom. The molecule has 0 spiro atoms. The van der Waals surface area contributed by atoms with Crippen LogP contribution in [0.1, 0.15) is 35.2 Å². The molecule has 0 amide bonds. The van der Waals surface area contributed by atoms with Gasteiger partial charge in [0.1, 0.15) is 5.76 Å². The van der Waals surface area contributed by atoms with Crippen molar-refractivity contribution < 1.29 is 4.52 Å². The van der Waals surface area contributed by atoms with Gasteiger partial charge in [0, 0.05) is 18.2 Å². The van der Waals surface area contributed by atoms with Crippen LogP contribution >= 0.6 is 0 Å². The quantitative estimate of drug-likeness (QED) is 0.812. The van der Waals surface area contributed by atoms with Gasteiger partial charge in [-0.25, -0.2) is 0 Å². The third kappa shape index (κ3) is 2.41. The second-order valence-corrected chi connectivity index (χ2v) is 3.89. The first kappa shape index (κ1) is 11.5. The molecule has 2 rings (SSSR count). The minimum Gasteiger partial charge on any atom is -0.361 e. The van der Waals surface area contributed by atoms with E-state index in [1.54, 1.807) is 6.20 Å². The summed E-state index contributed by atoms with van der Waals surface area (Å²) in [6, 6.07) is 1.94. The van der Waals surface area contributed by atoms with E-state index in [1.165, 1.54) is 0 Å². The number of aryl methyl sites for hydroxylation is 3. The standard InChI is InChI=1S/C13H15N3O/c1-4-13-11(10(3)16-17-13)5-6-12-9(2)7-8-14-15-12/h5-8H,4H2,1-3H3/b6-5+. The topological polar surface area (TPSA) is 51.8 Å². The van der Waals surface area contributed by atoms with Gasteiger partial charge in [0.2, 0.25) is 0 Å². The SMILES string of the molecule is CCc1onc(C)c1/C=C/c1nnccc1C. The fraction of sp³-hybridized carbons (Fsp3) is 0.308. The van der Waals surface area contributed by atoms with E-state index >= 15 is 0 Å². The number of hydrogen-bond donors (Lipinski definition) is 0. The highest BCUT2D eigenvalue weighted by molar-refractivity contribution is 5.70. The van der Waals surface area contributed by atoms with Crippen LogP contribution in [-0.2, 0) is 6.42 Å². The first-order chi connectivity index (χ1) is 8.22. The van der Waals surface area contributed by atoms with Crippen molar-refractivity contribution in [2.24, 2.45) is 0 Å². The maximum atomic E-state index is 5.23. The van der Waals surface area contributed by atoms with Crippen molar-refractivity contribution >= 4 is 12.2 Å². The average molecular weight is 229 g/mol. The summed E-state index contributed by atoms with van der Waals surface area (Å²) in [4.78, 5) is 0. The lowest BCUT2D eigenvalue weighted by Gasteiger charge is -1.96. The second-order valence-electron chi connectivity index (χ2n) is 3.89. The molecule has 0 fully saturated rings. The third-order valence-electron chi connectivity index (χ3n) is 2.67. The highest BCUT2D eigenvalue weighted by Gasteiger charge is 2.07. The molecule has 0 aliphatic heterocycles. The summed E-state index contributed by atoms with van der Waals surface area (Å²) >= 11 is 0. The zero-order chi connectivity index (χ0) is 12.3. The first-order valence-electron chi connectivity index (χ1n) is 5.64. The fourth-order valence-corrected chi connectivity index (χ4v) is 1.62. The van der Waals surface area contributed by atoms with E-state index in [0.717, 1.165) is 34.7 Å². The highest BCUT2D eigenvalue weighted by Crippen LogP contribution is 2.17. The van der Waals surface area contributed by atoms with Gasteiger partial charge in [0.15, 0.2) is 0 Å². The molecule has 4 heteroatoms. The molecule has 0 radical (unpaired) electrons. The zero-order valence-electron chi connectivity index (χ0n) is 10.3. The lowest BCUT2D eigenvalue weighted by Crippen LogP contribution is -1.89. The molecule has 0 aliphatic carbocycles. The van der Waals surface area contributed by atoms with E-state index in [1.807, 2.05) is 39.0 Å². The maximum absolute atomic E-state index is 5.23. The van der Waals surface area contributed by atoms with Crippen LogP contribution in [0.15, 0.2) is 16.8 Å². The van der Waals surface area contributed by atoms with E-state index in [4.69, 9.17) is 4.52 Å². The monoisotopic (exact) mass is 229 g/mol. The molecule has 4 nitrogen and oxygen atoms in total. The minimum absolute atomic E-state index is 0.833. The molecule has 2 heterocycles. The smallest absolute Gasteiger partial charge is 0.143 e. The average Bonchev–Trinajstić information content (AvgIpc) is 2.69. The van der Waals surface area contributed by atoms with Gasteiger partial charge in [-0.2, -0.15) is 10.2 Å². The zero-order valence-corrected chi connectivity index (χ0v) is 10.3. The van der Waals surface area contributed by atoms with Gasteiger partial charge in [-0.3, -0.25) is 0 Å². The van der Waals surface area contributed by atoms with Gasteiger partial charge in [-0.15, -0.1) is 0 Å². The van der Waals surface area contributed by atoms with E-state index in [0.29, 0.717) is 0 Å². The van der Waals surface area contributed by atoms with Crippen molar-refractivity contribution in [2.75, 3.05) is 0 Å². The van der Waals surface area contributed by atoms with Crippen LogP contribution in [0.25, 0.3) is 12.2 Å². The molecule has 0 N–H and O–H groups in total. The summed E-state index contributed by atoms with van der Waals surface area (Å²) in [6.45, 7) is 5.99. The molecule has 17 heavy (non-hydrogen) atoms. The minimum atomic E-state index is 0.833. The summed E-state index contributed by atoms with van der Waals surface area (Å²) in [6.07, 6.45) is 6.46. The maximum Gasteiger partial charge on any atom is 0.143 e. The van der Waals surface area contributed by atoms with Crippen LogP contribution in [0.2, 0.25) is 0 Å². The summed E-state index contributed by atoms with van der Waals surface area (Å²) in [5, 5.41) is 11.9. The Balaban J connectivity index is 2.32. The summed E-state index contributed by atoms with van der Waals surface area (Å²) in [5.41, 5.74) is 3.91. The fourth-order valence-electron chi connectivity index (χ4n) is 1.62. The Kier molecular flexibility index (Phi) is 3.32. The van der Waals surface area contributed by atoms with Crippen molar-refractivity contribution in [1.82, 2.24) is 15.4 Å². The molecule has 0 saturated carbocycles. The van der Waals surface area contributed by atoms with E-state index in [2.05, 4.69) is 15.4 Å². The molecule has 0 atom stereocenters. The van der Waals surface area contributed by atoms with Gasteiger partial charge >= 0.3 is 0 Å². The Hall–Kier alpha value is -1.97. The van der Waals surface area contributed by atoms with Gasteiger partial charge in [0.25, 0.3) is 0 Å². The summed E-state index contributed by atoms with van der Waals surface area (Å²) in [7, 11) is 0. The molecule has 0 bridgehead atoms. The molecule has 0 aliphatic rings. The van der Waals surface area contributed by atoms with Gasteiger partial charge in [-0.05, 0) is 37.6 Å².